The molecule has 22 heteroatoms. The van der Waals surface area contributed by atoms with Gasteiger partial charge in [-0.3, -0.25) is 10.1 Å². The molecule has 0 saturated carbocycles. The van der Waals surface area contributed by atoms with Crippen LogP contribution in [0.1, 0.15) is 5.56 Å². The normalized spacial score (nSPS) is 15.4. The van der Waals surface area contributed by atoms with Crippen molar-refractivity contribution in [1.29, 1.82) is 0 Å². The van der Waals surface area contributed by atoms with Gasteiger partial charge in [-0.25, -0.2) is 4.79 Å². The first-order valence-corrected chi connectivity index (χ1v) is 8.86. The Morgan fingerprint density at radius 1 is 0.763 bits per heavy atom. The molecule has 7 nitrogen and oxygen atoms in total. The van der Waals surface area contributed by atoms with Crippen LogP contribution in [0.25, 0.3) is 0 Å². The van der Waals surface area contributed by atoms with Gasteiger partial charge in [0.25, 0.3) is 5.69 Å². The second kappa shape index (κ2) is 8.85. The molecular weight excluding hydrogens is 587 g/mol. The standard InChI is InChI=1S/C16H6F15NO6/c17-10(18,9(33)36-3-5-1-7-8(38-4-37-7)2-6(5)32(34)35)11(19,20)12(21,22)13(23,24)14(25,26)15(27,28)16(29,30)31/h1-2H,3-4H2. The Bertz CT molecular complexity index is 1120. The molecule has 0 fully saturated rings. The van der Waals surface area contributed by atoms with Crippen LogP contribution in [0, 0.1) is 10.1 Å². The van der Waals surface area contributed by atoms with Crippen LogP contribution < -0.4 is 9.47 Å². The minimum absolute atomic E-state index is 0.345. The van der Waals surface area contributed by atoms with Crippen LogP contribution in [0.4, 0.5) is 71.5 Å². The van der Waals surface area contributed by atoms with Crippen LogP contribution >= 0.6 is 0 Å². The van der Waals surface area contributed by atoms with Gasteiger partial charge in [-0.15, -0.1) is 0 Å². The Labute approximate surface area is 197 Å². The lowest BCUT2D eigenvalue weighted by Crippen LogP contribution is -2.73. The summed E-state index contributed by atoms with van der Waals surface area (Å²) in [4.78, 5) is 21.1. The van der Waals surface area contributed by atoms with Crippen molar-refractivity contribution >= 4 is 11.7 Å². The SMILES string of the molecule is O=C(OCc1cc2c(cc1[N+](=O)[O-])OCO2)C(F)(F)C(F)(F)C(F)(F)C(F)(F)C(F)(F)C(F)(F)C(F)(F)F. The van der Waals surface area contributed by atoms with Crippen LogP contribution in [0.15, 0.2) is 12.1 Å². The van der Waals surface area contributed by atoms with Gasteiger partial charge in [0.15, 0.2) is 11.5 Å². The van der Waals surface area contributed by atoms with Crippen LogP contribution in [0.5, 0.6) is 11.5 Å². The quantitative estimate of drug-likeness (QED) is 0.157. The number of rotatable bonds is 9. The Hall–Kier alpha value is -3.36. The highest BCUT2D eigenvalue weighted by Crippen LogP contribution is 2.62. The lowest BCUT2D eigenvalue weighted by molar-refractivity contribution is -0.450. The predicted octanol–water partition coefficient (Wildman–Crippen LogP) is 5.74. The number of hydrogen-bond donors (Lipinski definition) is 0. The third-order valence-corrected chi connectivity index (χ3v) is 4.71. The van der Waals surface area contributed by atoms with Gasteiger partial charge in [0.1, 0.15) is 6.61 Å². The molecule has 0 radical (unpaired) electrons. The van der Waals surface area contributed by atoms with Crippen molar-refractivity contribution in [3.8, 4) is 11.5 Å². The monoisotopic (exact) mass is 593 g/mol. The average Bonchev–Trinajstić information content (AvgIpc) is 3.22. The topological polar surface area (TPSA) is 87.9 Å². The molecule has 0 bridgehead atoms. The predicted molar refractivity (Wildman–Crippen MR) is 84.8 cm³/mol. The van der Waals surface area contributed by atoms with E-state index in [1.165, 1.54) is 0 Å². The van der Waals surface area contributed by atoms with Gasteiger partial charge in [-0.1, -0.05) is 0 Å². The van der Waals surface area contributed by atoms with E-state index in [4.69, 9.17) is 9.47 Å². The molecule has 1 aliphatic rings. The zero-order chi connectivity index (χ0) is 29.9. The first-order chi connectivity index (χ1) is 16.8. The lowest BCUT2D eigenvalue weighted by atomic mass is 9.91. The second-order valence-corrected chi connectivity index (χ2v) is 7.11. The molecule has 0 unspecified atom stereocenters. The molecule has 1 heterocycles. The molecule has 0 amide bonds. The number of hydrogen-bond acceptors (Lipinski definition) is 6. The first-order valence-electron chi connectivity index (χ1n) is 8.86. The van der Waals surface area contributed by atoms with Crippen molar-refractivity contribution < 1.29 is 89.8 Å². The molecule has 0 aromatic heterocycles. The number of nitro groups is 1. The van der Waals surface area contributed by atoms with Crippen molar-refractivity contribution in [1.82, 2.24) is 0 Å². The maximum atomic E-state index is 13.9. The zero-order valence-electron chi connectivity index (χ0n) is 17.1. The Balaban J connectivity index is 2.42. The third kappa shape index (κ3) is 4.25. The Morgan fingerprint density at radius 3 is 1.63 bits per heavy atom. The molecule has 1 aromatic carbocycles. The van der Waals surface area contributed by atoms with Crippen molar-refractivity contribution in [3.63, 3.8) is 0 Å². The van der Waals surface area contributed by atoms with E-state index < -0.39 is 83.0 Å². The number of ether oxygens (including phenoxy) is 3. The van der Waals surface area contributed by atoms with Gasteiger partial charge in [0, 0.05) is 0 Å². The second-order valence-electron chi connectivity index (χ2n) is 7.11. The van der Waals surface area contributed by atoms with Crippen molar-refractivity contribution in [2.45, 2.75) is 48.3 Å². The van der Waals surface area contributed by atoms with E-state index in [0.717, 1.165) is 0 Å². The maximum absolute atomic E-state index is 13.9. The lowest BCUT2D eigenvalue weighted by Gasteiger charge is -2.40. The molecule has 1 aromatic rings. The van der Waals surface area contributed by atoms with Gasteiger partial charge in [0.2, 0.25) is 6.79 Å². The van der Waals surface area contributed by atoms with E-state index in [1.54, 1.807) is 0 Å². The molecule has 1 aliphatic heterocycles. The first kappa shape index (κ1) is 30.9. The Morgan fingerprint density at radius 2 is 1.18 bits per heavy atom. The van der Waals surface area contributed by atoms with Crippen molar-refractivity contribution in [2.75, 3.05) is 6.79 Å². The van der Waals surface area contributed by atoms with Gasteiger partial charge >= 0.3 is 47.7 Å². The smallest absolute Gasteiger partial charge is 0.456 e. The molecule has 216 valence electrons. The highest BCUT2D eigenvalue weighted by Gasteiger charge is 2.94. The van der Waals surface area contributed by atoms with Crippen LogP contribution in [0.3, 0.4) is 0 Å². The van der Waals surface area contributed by atoms with E-state index in [9.17, 15) is 80.8 Å². The van der Waals surface area contributed by atoms with Crippen molar-refractivity contribution in [3.05, 3.63) is 27.8 Å². The van der Waals surface area contributed by atoms with Crippen LogP contribution in [-0.2, 0) is 16.1 Å². The summed E-state index contributed by atoms with van der Waals surface area (Å²) >= 11 is 0. The summed E-state index contributed by atoms with van der Waals surface area (Å²) in [6.45, 7) is -2.44. The van der Waals surface area contributed by atoms with E-state index in [2.05, 4.69) is 4.74 Å². The maximum Gasteiger partial charge on any atom is 0.460 e. The highest BCUT2D eigenvalue weighted by atomic mass is 19.4. The van der Waals surface area contributed by atoms with Gasteiger partial charge in [-0.2, -0.15) is 65.9 Å². The number of halogens is 15. The van der Waals surface area contributed by atoms with Gasteiger partial charge in [-0.05, 0) is 6.07 Å². The molecular formula is C16H6F15NO6. The Kier molecular flexibility index (Phi) is 7.19. The number of nitro benzene ring substituents is 1. The number of esters is 1. The fraction of sp³-hybridized carbons (Fsp3) is 0.562. The molecule has 0 aliphatic carbocycles. The third-order valence-electron chi connectivity index (χ3n) is 4.71. The average molecular weight is 593 g/mol. The van der Waals surface area contributed by atoms with Gasteiger partial charge < -0.3 is 14.2 Å². The van der Waals surface area contributed by atoms with Gasteiger partial charge in [0.05, 0.1) is 16.6 Å². The fourth-order valence-electron chi connectivity index (χ4n) is 2.59. The van der Waals surface area contributed by atoms with Crippen LogP contribution in [0.2, 0.25) is 0 Å². The number of fused-ring (bicyclic) bond motifs is 1. The summed E-state index contributed by atoms with van der Waals surface area (Å²) in [7, 11) is 0. The summed E-state index contributed by atoms with van der Waals surface area (Å²) in [5.74, 6) is -53.8. The molecule has 0 spiro atoms. The number of alkyl halides is 15. The van der Waals surface area contributed by atoms with Crippen molar-refractivity contribution in [2.24, 2.45) is 0 Å². The molecule has 38 heavy (non-hydrogen) atoms. The van der Waals surface area contributed by atoms with Crippen LogP contribution in [-0.4, -0.2) is 59.4 Å². The molecule has 0 saturated heterocycles. The number of nitrogens with zero attached hydrogens (tertiary/aromatic N) is 1. The summed E-state index contributed by atoms with van der Waals surface area (Å²) in [6.07, 6.45) is -7.77. The van der Waals surface area contributed by atoms with E-state index in [-0.39, 0.29) is 5.75 Å². The van der Waals surface area contributed by atoms with E-state index in [1.807, 2.05) is 0 Å². The summed E-state index contributed by atoms with van der Waals surface area (Å²) in [6, 6.07) is 1.06. The summed E-state index contributed by atoms with van der Waals surface area (Å²) in [5, 5.41) is 11.0. The molecule has 2 rings (SSSR count). The number of benzene rings is 1. The molecule has 0 N–H and O–H groups in total. The van der Waals surface area contributed by atoms with E-state index >= 15 is 0 Å². The highest BCUT2D eigenvalue weighted by molar-refractivity contribution is 5.79. The largest absolute Gasteiger partial charge is 0.460 e. The number of carbonyl (C=O) groups is 1. The summed E-state index contributed by atoms with van der Waals surface area (Å²) < 4.78 is 211. The van der Waals surface area contributed by atoms with E-state index in [0.29, 0.717) is 12.1 Å². The summed E-state index contributed by atoms with van der Waals surface area (Å²) in [5.41, 5.74) is -2.14. The fourth-order valence-corrected chi connectivity index (χ4v) is 2.59. The minimum Gasteiger partial charge on any atom is -0.456 e. The zero-order valence-corrected chi connectivity index (χ0v) is 17.1. The minimum atomic E-state index is -8.58. The molecule has 0 atom stereocenters. The number of carbonyl (C=O) groups excluding carboxylic acids is 1.